The van der Waals surface area contributed by atoms with E-state index in [1.807, 2.05) is 0 Å². The maximum atomic E-state index is 15.0. The van der Waals surface area contributed by atoms with Crippen LogP contribution in [0.4, 0.5) is 17.6 Å². The molecule has 4 rings (SSSR count). The van der Waals surface area contributed by atoms with E-state index in [0.29, 0.717) is 13.0 Å². The van der Waals surface area contributed by atoms with Gasteiger partial charge in [-0.1, -0.05) is 11.8 Å². The fourth-order valence-corrected chi connectivity index (χ4v) is 5.85. The summed E-state index contributed by atoms with van der Waals surface area (Å²) in [6.45, 7) is 1.25. The predicted octanol–water partition coefficient (Wildman–Crippen LogP) is 3.51. The summed E-state index contributed by atoms with van der Waals surface area (Å²) in [4.78, 5) is 24.8. The number of halogens is 4. The summed E-state index contributed by atoms with van der Waals surface area (Å²) in [5, 5.41) is 0.263. The van der Waals surface area contributed by atoms with Crippen molar-refractivity contribution >= 4 is 22.7 Å². The molecule has 0 amide bonds. The molecular formula is C22H22F4N4O3S. The van der Waals surface area contributed by atoms with Crippen LogP contribution in [0.1, 0.15) is 35.0 Å². The lowest BCUT2D eigenvalue weighted by atomic mass is 9.84. The molecule has 3 atom stereocenters. The minimum atomic E-state index is -2.68. The summed E-state index contributed by atoms with van der Waals surface area (Å²) < 4.78 is 63.7. The minimum absolute atomic E-state index is 0.0170. The molecule has 2 aliphatic rings. The molecular weight excluding hydrogens is 476 g/mol. The Morgan fingerprint density at radius 3 is 2.71 bits per heavy atom. The lowest BCUT2D eigenvalue weighted by molar-refractivity contribution is 0.0792. The number of hydrogen-bond acceptors (Lipinski definition) is 8. The first-order valence-electron chi connectivity index (χ1n) is 10.4. The molecule has 2 aromatic rings. The molecule has 0 bridgehead atoms. The van der Waals surface area contributed by atoms with E-state index < -0.39 is 36.0 Å². The van der Waals surface area contributed by atoms with Gasteiger partial charge in [0.15, 0.2) is 29.2 Å². The molecule has 1 aromatic heterocycles. The average Bonchev–Trinajstić information content (AvgIpc) is 3.49. The van der Waals surface area contributed by atoms with Crippen LogP contribution in [-0.4, -0.2) is 52.4 Å². The number of amidine groups is 1. The predicted molar refractivity (Wildman–Crippen MR) is 117 cm³/mol. The molecule has 12 heteroatoms. The number of ketones is 1. The number of carbonyl (C=O) groups is 1. The first-order valence-corrected chi connectivity index (χ1v) is 11.2. The molecule has 0 spiro atoms. The number of alkyl halides is 2. The Balaban J connectivity index is 1.58. The first-order chi connectivity index (χ1) is 16.1. The third kappa shape index (κ3) is 4.61. The molecule has 0 unspecified atom stereocenters. The number of fused-ring (bicyclic) bond motifs is 1. The Kier molecular flexibility index (Phi) is 6.56. The third-order valence-electron chi connectivity index (χ3n) is 6.01. The van der Waals surface area contributed by atoms with E-state index in [4.69, 9.17) is 15.2 Å². The van der Waals surface area contributed by atoms with E-state index in [9.17, 15) is 22.4 Å². The number of ether oxygens (including phenoxy) is 2. The number of nitrogens with zero attached hydrogens (tertiary/aromatic N) is 3. The molecule has 1 aliphatic heterocycles. The highest BCUT2D eigenvalue weighted by Crippen LogP contribution is 2.66. The van der Waals surface area contributed by atoms with Crippen LogP contribution in [0.2, 0.25) is 0 Å². The molecule has 0 radical (unpaired) electrons. The smallest absolute Gasteiger partial charge is 0.272 e. The highest BCUT2D eigenvalue weighted by atomic mass is 32.2. The Morgan fingerprint density at radius 2 is 2.06 bits per heavy atom. The highest BCUT2D eigenvalue weighted by molar-refractivity contribution is 8.15. The van der Waals surface area contributed by atoms with E-state index in [1.165, 1.54) is 17.8 Å². The number of aliphatic imine (C=N–C) groups is 1. The van der Waals surface area contributed by atoms with Crippen LogP contribution in [0.15, 0.2) is 29.5 Å². The zero-order valence-electron chi connectivity index (χ0n) is 18.4. The second-order valence-corrected chi connectivity index (χ2v) is 9.87. The normalized spacial score (nSPS) is 25.6. The SMILES string of the molecule is COC[C@]12C[C@H]1[C@@](C)(c1cc(CC(=O)c3cnc(OCC(F)F)cn3)cc(F)c1F)N=C(N)S2. The number of hydrogen-bond donors (Lipinski definition) is 1. The summed E-state index contributed by atoms with van der Waals surface area (Å²) in [5.74, 6) is -2.94. The number of thioether (sulfide) groups is 1. The lowest BCUT2D eigenvalue weighted by Gasteiger charge is -2.34. The Labute approximate surface area is 197 Å². The number of methoxy groups -OCH3 is 1. The maximum absolute atomic E-state index is 15.0. The fourth-order valence-electron chi connectivity index (χ4n) is 4.40. The van der Waals surface area contributed by atoms with E-state index in [1.54, 1.807) is 14.0 Å². The van der Waals surface area contributed by atoms with Crippen LogP contribution in [0, 0.1) is 17.6 Å². The van der Waals surface area contributed by atoms with Gasteiger partial charge >= 0.3 is 0 Å². The average molecular weight is 499 g/mol. The van der Waals surface area contributed by atoms with Crippen LogP contribution in [-0.2, 0) is 16.7 Å². The molecule has 1 aromatic carbocycles. The quantitative estimate of drug-likeness (QED) is 0.417. The van der Waals surface area contributed by atoms with Gasteiger partial charge in [0, 0.05) is 25.0 Å². The lowest BCUT2D eigenvalue weighted by Crippen LogP contribution is -2.38. The summed E-state index contributed by atoms with van der Waals surface area (Å²) in [6, 6.07) is 2.38. The van der Waals surface area contributed by atoms with Crippen LogP contribution < -0.4 is 10.5 Å². The summed E-state index contributed by atoms with van der Waals surface area (Å²) in [5.41, 5.74) is 5.08. The van der Waals surface area contributed by atoms with Crippen molar-refractivity contribution in [3.63, 3.8) is 0 Å². The van der Waals surface area contributed by atoms with Gasteiger partial charge in [0.1, 0.15) is 5.69 Å². The van der Waals surface area contributed by atoms with Crippen molar-refractivity contribution < 1.29 is 31.8 Å². The summed E-state index contributed by atoms with van der Waals surface area (Å²) >= 11 is 1.38. The maximum Gasteiger partial charge on any atom is 0.272 e. The van der Waals surface area contributed by atoms with Gasteiger partial charge in [-0.15, -0.1) is 0 Å². The molecule has 1 fully saturated rings. The van der Waals surface area contributed by atoms with Crippen molar-refractivity contribution in [3.8, 4) is 5.88 Å². The minimum Gasteiger partial charge on any atom is -0.470 e. The van der Waals surface area contributed by atoms with E-state index >= 15 is 0 Å². The van der Waals surface area contributed by atoms with Gasteiger partial charge in [-0.2, -0.15) is 0 Å². The second kappa shape index (κ2) is 9.14. The zero-order chi connectivity index (χ0) is 24.7. The molecule has 34 heavy (non-hydrogen) atoms. The number of benzene rings is 1. The van der Waals surface area contributed by atoms with Crippen molar-refractivity contribution in [2.24, 2.45) is 16.6 Å². The number of aromatic nitrogens is 2. The van der Waals surface area contributed by atoms with Gasteiger partial charge in [0.2, 0.25) is 5.88 Å². The fraction of sp³-hybridized carbons (Fsp3) is 0.455. The van der Waals surface area contributed by atoms with Crippen molar-refractivity contribution in [2.75, 3.05) is 20.3 Å². The van der Waals surface area contributed by atoms with Crippen LogP contribution in [0.3, 0.4) is 0 Å². The monoisotopic (exact) mass is 498 g/mol. The molecule has 182 valence electrons. The number of Topliss-reactive ketones (excluding diaryl/α,β-unsaturated/α-hetero) is 1. The highest BCUT2D eigenvalue weighted by Gasteiger charge is 2.66. The van der Waals surface area contributed by atoms with E-state index in [2.05, 4.69) is 15.0 Å². The van der Waals surface area contributed by atoms with Crippen LogP contribution in [0.25, 0.3) is 0 Å². The number of nitrogens with two attached hydrogens (primary N) is 1. The molecule has 2 heterocycles. The molecule has 0 saturated heterocycles. The largest absolute Gasteiger partial charge is 0.470 e. The zero-order valence-corrected chi connectivity index (χ0v) is 19.2. The van der Waals surface area contributed by atoms with E-state index in [-0.39, 0.29) is 45.0 Å². The van der Waals surface area contributed by atoms with Crippen molar-refractivity contribution in [2.45, 2.75) is 36.5 Å². The van der Waals surface area contributed by atoms with Gasteiger partial charge in [-0.3, -0.25) is 9.79 Å². The Hall–Kier alpha value is -2.73. The Bertz CT molecular complexity index is 1130. The topological polar surface area (TPSA) is 99.7 Å². The second-order valence-electron chi connectivity index (χ2n) is 8.44. The molecule has 7 nitrogen and oxygen atoms in total. The van der Waals surface area contributed by atoms with Gasteiger partial charge in [-0.05, 0) is 31.0 Å². The molecule has 2 N–H and O–H groups in total. The molecule has 1 aliphatic carbocycles. The van der Waals surface area contributed by atoms with Crippen molar-refractivity contribution in [1.29, 1.82) is 0 Å². The van der Waals surface area contributed by atoms with Crippen LogP contribution in [0.5, 0.6) is 5.88 Å². The number of carbonyl (C=O) groups excluding carboxylic acids is 1. The van der Waals surface area contributed by atoms with Gasteiger partial charge in [0.25, 0.3) is 6.43 Å². The van der Waals surface area contributed by atoms with Gasteiger partial charge in [0.05, 0.1) is 29.3 Å². The first kappa shape index (κ1) is 24.4. The molecule has 1 saturated carbocycles. The standard InChI is InChI=1S/C22H22F4N4O3S/c1-21(16-6-22(16,10-32-2)34-20(27)30-21)12-3-11(4-13(23)19(12)26)5-15(31)14-7-29-18(8-28-14)33-9-17(24)25/h3-4,7-8,16-17H,5-6,9-10H2,1-2H3,(H2,27,30)/t16-,21+,22+/m0/s1. The van der Waals surface area contributed by atoms with Crippen LogP contribution >= 0.6 is 11.8 Å². The van der Waals surface area contributed by atoms with E-state index in [0.717, 1.165) is 18.5 Å². The third-order valence-corrected chi connectivity index (χ3v) is 7.29. The van der Waals surface area contributed by atoms with Gasteiger partial charge in [-0.25, -0.2) is 27.5 Å². The van der Waals surface area contributed by atoms with Gasteiger partial charge < -0.3 is 15.2 Å². The van der Waals surface area contributed by atoms with Crippen molar-refractivity contribution in [1.82, 2.24) is 9.97 Å². The Morgan fingerprint density at radius 1 is 1.29 bits per heavy atom. The summed E-state index contributed by atoms with van der Waals surface area (Å²) in [6.07, 6.45) is -0.157. The summed E-state index contributed by atoms with van der Waals surface area (Å²) in [7, 11) is 1.57. The van der Waals surface area contributed by atoms with Crippen molar-refractivity contribution in [3.05, 3.63) is 53.0 Å². The number of rotatable bonds is 9.